The third-order valence-corrected chi connectivity index (χ3v) is 10.4. The van der Waals surface area contributed by atoms with Gasteiger partial charge in [0.05, 0.1) is 0 Å². The number of amides is 2. The Hall–Kier alpha value is -2.07. The largest absolute Gasteiger partial charge is 0.369 e. The molecule has 7 nitrogen and oxygen atoms in total. The van der Waals surface area contributed by atoms with Gasteiger partial charge in [0.15, 0.2) is 4.90 Å². The summed E-state index contributed by atoms with van der Waals surface area (Å²) in [5, 5.41) is 3.07. The highest BCUT2D eigenvalue weighted by Gasteiger charge is 2.61. The second-order valence-electron chi connectivity index (χ2n) is 10.2. The zero-order valence-electron chi connectivity index (χ0n) is 17.8. The van der Waals surface area contributed by atoms with Gasteiger partial charge in [0, 0.05) is 18.5 Å². The fourth-order valence-electron chi connectivity index (χ4n) is 6.75. The van der Waals surface area contributed by atoms with Crippen LogP contribution in [0.3, 0.4) is 0 Å². The molecule has 0 radical (unpaired) electrons. The molecule has 6 rings (SSSR count). The van der Waals surface area contributed by atoms with Crippen LogP contribution in [0, 0.1) is 34.8 Å². The molecule has 174 valence electrons. The molecule has 3 N–H and O–H groups in total. The van der Waals surface area contributed by atoms with Crippen molar-refractivity contribution in [3.8, 4) is 0 Å². The average Bonchev–Trinajstić information content (AvgIpc) is 3.51. The molecule has 5 saturated carbocycles. The second-order valence-corrected chi connectivity index (χ2v) is 12.1. The zero-order valence-corrected chi connectivity index (χ0v) is 18.6. The van der Waals surface area contributed by atoms with Gasteiger partial charge in [-0.3, -0.25) is 9.59 Å². The van der Waals surface area contributed by atoms with Crippen LogP contribution in [0.25, 0.3) is 0 Å². The van der Waals surface area contributed by atoms with E-state index in [4.69, 9.17) is 5.73 Å². The van der Waals surface area contributed by atoms with Crippen molar-refractivity contribution in [2.24, 2.45) is 28.9 Å². The molecule has 10 heteroatoms. The van der Waals surface area contributed by atoms with E-state index in [9.17, 15) is 26.8 Å². The van der Waals surface area contributed by atoms with Crippen molar-refractivity contribution in [2.75, 3.05) is 7.05 Å². The van der Waals surface area contributed by atoms with E-state index in [1.165, 1.54) is 7.05 Å². The van der Waals surface area contributed by atoms with Gasteiger partial charge in [-0.25, -0.2) is 17.2 Å². The number of hydrogen-bond donors (Lipinski definition) is 2. The van der Waals surface area contributed by atoms with Gasteiger partial charge in [-0.2, -0.15) is 4.31 Å². The first kappa shape index (κ1) is 21.8. The number of carbonyl (C=O) groups excluding carboxylic acids is 2. The van der Waals surface area contributed by atoms with Crippen LogP contribution < -0.4 is 11.1 Å². The molecule has 5 aliphatic rings. The molecule has 5 aliphatic carbocycles. The lowest BCUT2D eigenvalue weighted by atomic mass is 9.47. The number of nitrogens with one attached hydrogen (secondary N) is 1. The predicted octanol–water partition coefficient (Wildman–Crippen LogP) is 1.91. The highest BCUT2D eigenvalue weighted by Crippen LogP contribution is 2.60. The lowest BCUT2D eigenvalue weighted by molar-refractivity contribution is -0.148. The number of sulfonamides is 1. The number of rotatable bonds is 6. The van der Waals surface area contributed by atoms with Crippen LogP contribution in [0.1, 0.15) is 44.9 Å². The number of nitrogens with two attached hydrogens (primary N) is 1. The Balaban J connectivity index is 1.37. The molecule has 1 aromatic carbocycles. The minimum Gasteiger partial charge on any atom is -0.369 e. The first-order valence-corrected chi connectivity index (χ1v) is 12.5. The Kier molecular flexibility index (Phi) is 4.73. The smallest absolute Gasteiger partial charge is 0.249 e. The summed E-state index contributed by atoms with van der Waals surface area (Å²) in [6.45, 7) is 0. The average molecular weight is 468 g/mol. The first-order valence-electron chi connectivity index (χ1n) is 11.0. The second kappa shape index (κ2) is 6.96. The number of halogens is 2. The maximum Gasteiger partial charge on any atom is 0.249 e. The monoisotopic (exact) mass is 467 g/mol. The lowest BCUT2D eigenvalue weighted by Crippen LogP contribution is -2.64. The number of nitrogens with zero attached hydrogens (tertiary/aromatic N) is 1. The Morgan fingerprint density at radius 3 is 2.16 bits per heavy atom. The molecule has 2 amide bonds. The van der Waals surface area contributed by atoms with Crippen LogP contribution in [-0.2, 0) is 19.6 Å². The van der Waals surface area contributed by atoms with E-state index in [1.54, 1.807) is 0 Å². The summed E-state index contributed by atoms with van der Waals surface area (Å²) in [4.78, 5) is 24.4. The van der Waals surface area contributed by atoms with Gasteiger partial charge in [0.2, 0.25) is 21.8 Å². The minimum atomic E-state index is -4.56. The molecule has 0 saturated heterocycles. The summed E-state index contributed by atoms with van der Waals surface area (Å²) in [5.41, 5.74) is 3.88. The highest BCUT2D eigenvalue weighted by atomic mass is 32.2. The third kappa shape index (κ3) is 3.02. The van der Waals surface area contributed by atoms with Crippen molar-refractivity contribution in [1.82, 2.24) is 9.62 Å². The lowest BCUT2D eigenvalue weighted by Gasteiger charge is -2.59. The Morgan fingerprint density at radius 2 is 1.66 bits per heavy atom. The van der Waals surface area contributed by atoms with Crippen molar-refractivity contribution in [3.63, 3.8) is 0 Å². The Morgan fingerprint density at radius 1 is 1.09 bits per heavy atom. The van der Waals surface area contributed by atoms with Gasteiger partial charge >= 0.3 is 0 Å². The van der Waals surface area contributed by atoms with Crippen molar-refractivity contribution in [2.45, 2.75) is 61.4 Å². The molecule has 1 aromatic rings. The van der Waals surface area contributed by atoms with Gasteiger partial charge in [0.1, 0.15) is 17.2 Å². The van der Waals surface area contributed by atoms with Crippen LogP contribution >= 0.6 is 0 Å². The standard InChI is InChI=1S/C22H27F2N3O4S/c1-27(32(30,31)18-15(23)3-2-4-16(18)24)22(5-6-22)20(29)26-17-13-7-12-8-14(17)11-21(9-12,10-13)19(25)28/h2-4,12-14,17H,5-11H2,1H3,(H2,25,28)(H,26,29). The number of benzene rings is 1. The normalized spacial score (nSPS) is 34.5. The summed E-state index contributed by atoms with van der Waals surface area (Å²) in [7, 11) is -3.36. The molecular formula is C22H27F2N3O4S. The zero-order chi connectivity index (χ0) is 23.1. The predicted molar refractivity (Wildman–Crippen MR) is 110 cm³/mol. The van der Waals surface area contributed by atoms with E-state index < -0.39 is 43.4 Å². The molecule has 0 aromatic heterocycles. The van der Waals surface area contributed by atoms with Crippen LogP contribution in [0.15, 0.2) is 23.1 Å². The van der Waals surface area contributed by atoms with Gasteiger partial charge in [-0.05, 0) is 74.8 Å². The van der Waals surface area contributed by atoms with E-state index in [1.807, 2.05) is 0 Å². The Labute approximate surface area is 185 Å². The quantitative estimate of drug-likeness (QED) is 0.666. The third-order valence-electron chi connectivity index (χ3n) is 8.38. The number of primary amides is 1. The van der Waals surface area contributed by atoms with Crippen LogP contribution in [0.4, 0.5) is 8.78 Å². The number of likely N-dealkylation sites (N-methyl/N-ethyl adjacent to an activating group) is 1. The fraction of sp³-hybridized carbons (Fsp3) is 0.636. The van der Waals surface area contributed by atoms with E-state index in [2.05, 4.69) is 5.32 Å². The van der Waals surface area contributed by atoms with E-state index >= 15 is 0 Å². The fourth-order valence-corrected chi connectivity index (χ4v) is 8.38. The summed E-state index contributed by atoms with van der Waals surface area (Å²) in [5.74, 6) is -2.41. The van der Waals surface area contributed by atoms with Crippen LogP contribution in [0.5, 0.6) is 0 Å². The maximum absolute atomic E-state index is 14.2. The van der Waals surface area contributed by atoms with Crippen molar-refractivity contribution in [1.29, 1.82) is 0 Å². The molecule has 5 fully saturated rings. The molecule has 0 heterocycles. The summed E-state index contributed by atoms with van der Waals surface area (Å²) in [6, 6.07) is 2.71. The topological polar surface area (TPSA) is 110 Å². The summed E-state index contributed by atoms with van der Waals surface area (Å²) >= 11 is 0. The van der Waals surface area contributed by atoms with Crippen LogP contribution in [-0.4, -0.2) is 43.2 Å². The SMILES string of the molecule is CN(C1(C(=O)NC2C3CC4CC2CC(C(N)=O)(C4)C3)CC1)S(=O)(=O)c1c(F)cccc1F. The van der Waals surface area contributed by atoms with Gasteiger partial charge in [0.25, 0.3) is 0 Å². The van der Waals surface area contributed by atoms with Gasteiger partial charge in [-0.15, -0.1) is 0 Å². The van der Waals surface area contributed by atoms with Crippen molar-refractivity contribution < 1.29 is 26.8 Å². The molecule has 0 spiro atoms. The summed E-state index contributed by atoms with van der Waals surface area (Å²) in [6.07, 6.45) is 4.48. The van der Waals surface area contributed by atoms with E-state index in [-0.39, 0.29) is 36.6 Å². The first-order chi connectivity index (χ1) is 15.0. The van der Waals surface area contributed by atoms with Gasteiger partial charge in [-0.1, -0.05) is 6.07 Å². The molecule has 0 aliphatic heterocycles. The molecular weight excluding hydrogens is 440 g/mol. The van der Waals surface area contributed by atoms with E-state index in [0.717, 1.165) is 41.8 Å². The van der Waals surface area contributed by atoms with Crippen molar-refractivity contribution in [3.05, 3.63) is 29.8 Å². The molecule has 2 atom stereocenters. The molecule has 2 unspecified atom stereocenters. The van der Waals surface area contributed by atoms with Crippen molar-refractivity contribution >= 4 is 21.8 Å². The molecule has 32 heavy (non-hydrogen) atoms. The summed E-state index contributed by atoms with van der Waals surface area (Å²) < 4.78 is 55.3. The van der Waals surface area contributed by atoms with Gasteiger partial charge < -0.3 is 11.1 Å². The maximum atomic E-state index is 14.2. The number of carbonyl (C=O) groups is 2. The van der Waals surface area contributed by atoms with Crippen LogP contribution in [0.2, 0.25) is 0 Å². The number of hydrogen-bond acceptors (Lipinski definition) is 4. The van der Waals surface area contributed by atoms with E-state index in [0.29, 0.717) is 18.8 Å². The molecule has 4 bridgehead atoms. The highest BCUT2D eigenvalue weighted by molar-refractivity contribution is 7.89. The minimum absolute atomic E-state index is 0.124. The Bertz CT molecular complexity index is 1070.